The third-order valence-corrected chi connectivity index (χ3v) is 3.71. The number of carbonyl (C=O) groups excluding carboxylic acids is 1. The van der Waals surface area contributed by atoms with Crippen LogP contribution in [0.25, 0.3) is 0 Å². The zero-order valence-corrected chi connectivity index (χ0v) is 13.6. The summed E-state index contributed by atoms with van der Waals surface area (Å²) in [6, 6.07) is 0.111. The molecule has 1 amide bonds. The number of carbonyl (C=O) groups is 2. The molecule has 0 aromatic rings. The van der Waals surface area contributed by atoms with E-state index in [-0.39, 0.29) is 25.1 Å². The molecule has 0 bridgehead atoms. The van der Waals surface area contributed by atoms with Crippen molar-refractivity contribution in [3.63, 3.8) is 0 Å². The second-order valence-electron chi connectivity index (χ2n) is 6.82. The fraction of sp³-hybridized carbons (Fsp3) is 0.875. The van der Waals surface area contributed by atoms with Gasteiger partial charge in [-0.3, -0.25) is 4.79 Å². The van der Waals surface area contributed by atoms with Gasteiger partial charge in [0.25, 0.3) is 0 Å². The third kappa shape index (κ3) is 7.34. The van der Waals surface area contributed by atoms with Crippen molar-refractivity contribution in [1.82, 2.24) is 4.90 Å². The molecule has 0 radical (unpaired) electrons. The fourth-order valence-electron chi connectivity index (χ4n) is 2.71. The van der Waals surface area contributed by atoms with E-state index in [9.17, 15) is 9.59 Å². The minimum absolute atomic E-state index is 0.0320. The highest BCUT2D eigenvalue weighted by atomic mass is 16.6. The summed E-state index contributed by atoms with van der Waals surface area (Å²) >= 11 is 0. The lowest BCUT2D eigenvalue weighted by Gasteiger charge is -2.34. The molecule has 122 valence electrons. The van der Waals surface area contributed by atoms with Crippen LogP contribution < -0.4 is 0 Å². The third-order valence-electron chi connectivity index (χ3n) is 3.71. The van der Waals surface area contributed by atoms with Gasteiger partial charge in [-0.25, -0.2) is 4.79 Å². The summed E-state index contributed by atoms with van der Waals surface area (Å²) in [5, 5.41) is 8.90. The van der Waals surface area contributed by atoms with Crippen LogP contribution in [0.2, 0.25) is 0 Å². The molecule has 5 heteroatoms. The van der Waals surface area contributed by atoms with Gasteiger partial charge in [0.15, 0.2) is 0 Å². The van der Waals surface area contributed by atoms with Gasteiger partial charge < -0.3 is 14.7 Å². The zero-order valence-electron chi connectivity index (χ0n) is 13.6. The average molecular weight is 299 g/mol. The molecule has 1 fully saturated rings. The summed E-state index contributed by atoms with van der Waals surface area (Å²) in [7, 11) is 0. The van der Waals surface area contributed by atoms with Gasteiger partial charge in [0.05, 0.1) is 6.42 Å². The minimum atomic E-state index is -0.880. The van der Waals surface area contributed by atoms with E-state index in [4.69, 9.17) is 9.84 Å². The van der Waals surface area contributed by atoms with Crippen molar-refractivity contribution in [3.8, 4) is 0 Å². The first-order chi connectivity index (χ1) is 9.79. The first-order valence-corrected chi connectivity index (χ1v) is 8.01. The molecule has 0 heterocycles. The quantitative estimate of drug-likeness (QED) is 0.857. The molecule has 0 atom stereocenters. The predicted octanol–water partition coefficient (Wildman–Crippen LogP) is 3.81. The van der Waals surface area contributed by atoms with Gasteiger partial charge in [-0.1, -0.05) is 32.1 Å². The van der Waals surface area contributed by atoms with Crippen LogP contribution in [0.5, 0.6) is 0 Å². The van der Waals surface area contributed by atoms with Gasteiger partial charge in [0.1, 0.15) is 5.60 Å². The number of aliphatic carboxylic acids is 1. The Labute approximate surface area is 127 Å². The van der Waals surface area contributed by atoms with E-state index in [1.165, 1.54) is 19.3 Å². The van der Waals surface area contributed by atoms with Crippen LogP contribution in [0.1, 0.15) is 72.1 Å². The summed E-state index contributed by atoms with van der Waals surface area (Å²) in [5.41, 5.74) is -0.555. The molecule has 0 spiro atoms. The second kappa shape index (κ2) is 8.25. The second-order valence-corrected chi connectivity index (χ2v) is 6.82. The van der Waals surface area contributed by atoms with Crippen LogP contribution in [0.4, 0.5) is 4.79 Å². The van der Waals surface area contributed by atoms with Crippen LogP contribution in [-0.4, -0.2) is 40.3 Å². The summed E-state index contributed by atoms with van der Waals surface area (Å²) in [6.45, 7) is 5.73. The van der Waals surface area contributed by atoms with Crippen molar-refractivity contribution in [1.29, 1.82) is 0 Å². The molecule has 21 heavy (non-hydrogen) atoms. The fourth-order valence-corrected chi connectivity index (χ4v) is 2.71. The predicted molar refractivity (Wildman–Crippen MR) is 81.3 cm³/mol. The highest BCUT2D eigenvalue weighted by Crippen LogP contribution is 2.23. The molecule has 1 rings (SSSR count). The van der Waals surface area contributed by atoms with Crippen LogP contribution in [0, 0.1) is 0 Å². The first kappa shape index (κ1) is 17.8. The molecule has 1 N–H and O–H groups in total. The van der Waals surface area contributed by atoms with Gasteiger partial charge in [-0.2, -0.15) is 0 Å². The van der Waals surface area contributed by atoms with E-state index in [0.29, 0.717) is 0 Å². The van der Waals surface area contributed by atoms with E-state index >= 15 is 0 Å². The standard InChI is InChI=1S/C16H29NO4/c1-16(2,3)21-15(20)17(12-11-14(18)19)13-9-7-5-4-6-8-10-13/h13H,4-12H2,1-3H3,(H,18,19). The lowest BCUT2D eigenvalue weighted by Crippen LogP contribution is -2.44. The van der Waals surface area contributed by atoms with E-state index in [0.717, 1.165) is 25.7 Å². The Morgan fingerprint density at radius 3 is 2.10 bits per heavy atom. The Bertz CT molecular complexity index is 341. The van der Waals surface area contributed by atoms with Gasteiger partial charge in [-0.05, 0) is 33.6 Å². The molecule has 5 nitrogen and oxygen atoms in total. The average Bonchev–Trinajstić information content (AvgIpc) is 2.28. The van der Waals surface area contributed by atoms with Crippen LogP contribution in [-0.2, 0) is 9.53 Å². The molecular weight excluding hydrogens is 270 g/mol. The monoisotopic (exact) mass is 299 g/mol. The Balaban J connectivity index is 2.73. The summed E-state index contributed by atoms with van der Waals surface area (Å²) < 4.78 is 5.45. The molecule has 0 unspecified atom stereocenters. The number of hydrogen-bond acceptors (Lipinski definition) is 3. The van der Waals surface area contributed by atoms with Crippen molar-refractivity contribution >= 4 is 12.1 Å². The maximum atomic E-state index is 12.4. The maximum absolute atomic E-state index is 12.4. The minimum Gasteiger partial charge on any atom is -0.481 e. The number of carboxylic acid groups (broad SMARTS) is 1. The van der Waals surface area contributed by atoms with Crippen molar-refractivity contribution in [2.45, 2.75) is 83.8 Å². The summed E-state index contributed by atoms with van der Waals surface area (Å²) in [5.74, 6) is -0.880. The molecule has 1 aliphatic carbocycles. The number of hydrogen-bond donors (Lipinski definition) is 1. The number of nitrogens with zero attached hydrogens (tertiary/aromatic N) is 1. The lowest BCUT2D eigenvalue weighted by molar-refractivity contribution is -0.137. The smallest absolute Gasteiger partial charge is 0.410 e. The van der Waals surface area contributed by atoms with Crippen LogP contribution in [0.15, 0.2) is 0 Å². The number of amides is 1. The molecule has 0 saturated heterocycles. The van der Waals surface area contributed by atoms with Crippen molar-refractivity contribution in [2.24, 2.45) is 0 Å². The Morgan fingerprint density at radius 2 is 1.62 bits per heavy atom. The Hall–Kier alpha value is -1.26. The number of carboxylic acids is 1. The molecule has 1 aliphatic rings. The van der Waals surface area contributed by atoms with Crippen molar-refractivity contribution < 1.29 is 19.4 Å². The summed E-state index contributed by atoms with van der Waals surface area (Å²) in [4.78, 5) is 24.9. The van der Waals surface area contributed by atoms with Gasteiger partial charge in [0, 0.05) is 12.6 Å². The molecule has 0 aromatic heterocycles. The van der Waals surface area contributed by atoms with Crippen LogP contribution in [0.3, 0.4) is 0 Å². The SMILES string of the molecule is CC(C)(C)OC(=O)N(CCC(=O)O)C1CCCCCCC1. The highest BCUT2D eigenvalue weighted by Gasteiger charge is 2.28. The largest absolute Gasteiger partial charge is 0.481 e. The van der Waals surface area contributed by atoms with E-state index in [2.05, 4.69) is 0 Å². The molecule has 0 aromatic carbocycles. The lowest BCUT2D eigenvalue weighted by atomic mass is 9.95. The zero-order chi connectivity index (χ0) is 15.9. The number of ether oxygens (including phenoxy) is 1. The van der Waals surface area contributed by atoms with E-state index in [1.807, 2.05) is 20.8 Å². The highest BCUT2D eigenvalue weighted by molar-refractivity contribution is 5.71. The van der Waals surface area contributed by atoms with E-state index < -0.39 is 11.6 Å². The maximum Gasteiger partial charge on any atom is 0.410 e. The topological polar surface area (TPSA) is 66.8 Å². The Morgan fingerprint density at radius 1 is 1.10 bits per heavy atom. The first-order valence-electron chi connectivity index (χ1n) is 8.01. The molecule has 0 aliphatic heterocycles. The molecule has 1 saturated carbocycles. The summed E-state index contributed by atoms with van der Waals surface area (Å²) in [6.07, 6.45) is 7.31. The number of rotatable bonds is 4. The molecular formula is C16H29NO4. The van der Waals surface area contributed by atoms with Crippen molar-refractivity contribution in [3.05, 3.63) is 0 Å². The van der Waals surface area contributed by atoms with Gasteiger partial charge >= 0.3 is 12.1 Å². The van der Waals surface area contributed by atoms with Crippen LogP contribution >= 0.6 is 0 Å². The normalized spacial score (nSPS) is 17.7. The van der Waals surface area contributed by atoms with E-state index in [1.54, 1.807) is 4.90 Å². The van der Waals surface area contributed by atoms with Gasteiger partial charge in [0.2, 0.25) is 0 Å². The van der Waals surface area contributed by atoms with Crippen molar-refractivity contribution in [2.75, 3.05) is 6.54 Å². The Kier molecular flexibility index (Phi) is 6.99. The van der Waals surface area contributed by atoms with Gasteiger partial charge in [-0.15, -0.1) is 0 Å².